The van der Waals surface area contributed by atoms with E-state index in [0.717, 1.165) is 6.42 Å². The van der Waals surface area contributed by atoms with E-state index in [9.17, 15) is 0 Å². The van der Waals surface area contributed by atoms with Crippen LogP contribution in [0.15, 0.2) is 48.5 Å². The van der Waals surface area contributed by atoms with Crippen LogP contribution in [0.2, 0.25) is 0 Å². The van der Waals surface area contributed by atoms with Crippen LogP contribution in [-0.2, 0) is 6.42 Å². The van der Waals surface area contributed by atoms with Crippen LogP contribution >= 0.6 is 0 Å². The molecule has 0 spiro atoms. The van der Waals surface area contributed by atoms with Crippen LogP contribution in [0.3, 0.4) is 0 Å². The van der Waals surface area contributed by atoms with Gasteiger partial charge in [-0.3, -0.25) is 0 Å². The van der Waals surface area contributed by atoms with Gasteiger partial charge in [-0.2, -0.15) is 0 Å². The first kappa shape index (κ1) is 10.7. The van der Waals surface area contributed by atoms with Gasteiger partial charge in [-0.05, 0) is 36.1 Å². The van der Waals surface area contributed by atoms with E-state index in [1.54, 1.807) is 0 Å². The van der Waals surface area contributed by atoms with Gasteiger partial charge in [-0.1, -0.05) is 42.5 Å². The van der Waals surface area contributed by atoms with E-state index >= 15 is 0 Å². The molecule has 0 aliphatic rings. The van der Waals surface area contributed by atoms with Gasteiger partial charge in [-0.25, -0.2) is 0 Å². The largest absolute Gasteiger partial charge is 0.388 e. The van der Waals surface area contributed by atoms with Crippen LogP contribution in [-0.4, -0.2) is 7.05 Å². The van der Waals surface area contributed by atoms with Crippen LogP contribution in [0.25, 0.3) is 0 Å². The van der Waals surface area contributed by atoms with E-state index in [1.807, 2.05) is 7.05 Å². The van der Waals surface area contributed by atoms with Crippen molar-refractivity contribution in [2.75, 3.05) is 12.4 Å². The van der Waals surface area contributed by atoms with Crippen molar-refractivity contribution in [2.24, 2.45) is 0 Å². The molecule has 0 aromatic heterocycles. The molecule has 0 aliphatic heterocycles. The highest BCUT2D eigenvalue weighted by Crippen LogP contribution is 2.18. The van der Waals surface area contributed by atoms with Gasteiger partial charge >= 0.3 is 0 Å². The van der Waals surface area contributed by atoms with Gasteiger partial charge in [0, 0.05) is 12.7 Å². The highest BCUT2D eigenvalue weighted by molar-refractivity contribution is 5.52. The Hall–Kier alpha value is -1.76. The van der Waals surface area contributed by atoms with Crippen molar-refractivity contribution in [3.05, 3.63) is 65.2 Å². The first-order valence-corrected chi connectivity index (χ1v) is 5.61. The Labute approximate surface area is 97.1 Å². The maximum atomic E-state index is 3.19. The van der Waals surface area contributed by atoms with Gasteiger partial charge in [0.1, 0.15) is 0 Å². The van der Waals surface area contributed by atoms with Crippen molar-refractivity contribution < 1.29 is 0 Å². The lowest BCUT2D eigenvalue weighted by Crippen LogP contribution is -1.94. The van der Waals surface area contributed by atoms with E-state index in [0.29, 0.717) is 0 Å². The summed E-state index contributed by atoms with van der Waals surface area (Å²) in [4.78, 5) is 0. The molecule has 0 fully saturated rings. The van der Waals surface area contributed by atoms with Crippen LogP contribution < -0.4 is 5.32 Å². The summed E-state index contributed by atoms with van der Waals surface area (Å²) < 4.78 is 0. The Balaban J connectivity index is 2.20. The second kappa shape index (κ2) is 4.84. The van der Waals surface area contributed by atoms with Crippen LogP contribution in [0.5, 0.6) is 0 Å². The third kappa shape index (κ3) is 2.43. The summed E-state index contributed by atoms with van der Waals surface area (Å²) >= 11 is 0. The average molecular weight is 211 g/mol. The fourth-order valence-corrected chi connectivity index (χ4v) is 1.95. The SMILES string of the molecule is CNc1ccc(Cc2ccccc2)cc1C. The topological polar surface area (TPSA) is 12.0 Å². The van der Waals surface area contributed by atoms with E-state index in [4.69, 9.17) is 0 Å². The van der Waals surface area contributed by atoms with Crippen molar-refractivity contribution >= 4 is 5.69 Å². The molecule has 0 unspecified atom stereocenters. The lowest BCUT2D eigenvalue weighted by atomic mass is 10.0. The fourth-order valence-electron chi connectivity index (χ4n) is 1.95. The molecule has 0 heterocycles. The molecule has 0 saturated carbocycles. The Morgan fingerprint density at radius 2 is 1.69 bits per heavy atom. The summed E-state index contributed by atoms with van der Waals surface area (Å²) in [5, 5.41) is 3.19. The maximum Gasteiger partial charge on any atom is 0.0367 e. The molecule has 16 heavy (non-hydrogen) atoms. The first-order valence-electron chi connectivity index (χ1n) is 5.61. The molecule has 2 aromatic carbocycles. The minimum absolute atomic E-state index is 1.01. The van der Waals surface area contributed by atoms with Crippen molar-refractivity contribution in [1.82, 2.24) is 0 Å². The Morgan fingerprint density at radius 3 is 2.31 bits per heavy atom. The molecular weight excluding hydrogens is 194 g/mol. The zero-order valence-corrected chi connectivity index (χ0v) is 9.83. The number of rotatable bonds is 3. The van der Waals surface area contributed by atoms with E-state index < -0.39 is 0 Å². The summed E-state index contributed by atoms with van der Waals surface area (Å²) in [7, 11) is 1.96. The molecular formula is C15H17N. The summed E-state index contributed by atoms with van der Waals surface area (Å²) in [6, 6.07) is 17.1. The van der Waals surface area contributed by atoms with Crippen molar-refractivity contribution in [3.8, 4) is 0 Å². The van der Waals surface area contributed by atoms with Crippen LogP contribution in [0.4, 0.5) is 5.69 Å². The second-order valence-corrected chi connectivity index (χ2v) is 4.06. The standard InChI is InChI=1S/C15H17N/c1-12-10-14(8-9-15(12)16-2)11-13-6-4-3-5-7-13/h3-10,16H,11H2,1-2H3. The molecule has 1 heteroatoms. The first-order chi connectivity index (χ1) is 7.79. The molecule has 2 aromatic rings. The third-order valence-electron chi connectivity index (χ3n) is 2.81. The number of aryl methyl sites for hydroxylation is 1. The maximum absolute atomic E-state index is 3.19. The normalized spacial score (nSPS) is 10.1. The van der Waals surface area contributed by atoms with Gasteiger partial charge in [0.05, 0.1) is 0 Å². The van der Waals surface area contributed by atoms with Gasteiger partial charge in [0.15, 0.2) is 0 Å². The lowest BCUT2D eigenvalue weighted by Gasteiger charge is -2.08. The molecule has 0 atom stereocenters. The highest BCUT2D eigenvalue weighted by atomic mass is 14.8. The number of benzene rings is 2. The van der Waals surface area contributed by atoms with Crippen molar-refractivity contribution in [3.63, 3.8) is 0 Å². The van der Waals surface area contributed by atoms with Crippen molar-refractivity contribution in [2.45, 2.75) is 13.3 Å². The molecule has 1 N–H and O–H groups in total. The molecule has 2 rings (SSSR count). The predicted molar refractivity (Wildman–Crippen MR) is 70.0 cm³/mol. The lowest BCUT2D eigenvalue weighted by molar-refractivity contribution is 1.18. The minimum Gasteiger partial charge on any atom is -0.388 e. The summed E-state index contributed by atoms with van der Waals surface area (Å²) in [5.41, 5.74) is 5.23. The van der Waals surface area contributed by atoms with Gasteiger partial charge < -0.3 is 5.32 Å². The Kier molecular flexibility index (Phi) is 3.25. The smallest absolute Gasteiger partial charge is 0.0367 e. The Bertz CT molecular complexity index is 460. The second-order valence-electron chi connectivity index (χ2n) is 4.06. The number of hydrogen-bond donors (Lipinski definition) is 1. The zero-order valence-electron chi connectivity index (χ0n) is 9.83. The summed E-state index contributed by atoms with van der Waals surface area (Å²) in [6.45, 7) is 2.14. The van der Waals surface area contributed by atoms with E-state index in [1.165, 1.54) is 22.4 Å². The van der Waals surface area contributed by atoms with Crippen LogP contribution in [0.1, 0.15) is 16.7 Å². The quantitative estimate of drug-likeness (QED) is 0.817. The molecule has 0 amide bonds. The number of nitrogens with one attached hydrogen (secondary N) is 1. The van der Waals surface area contributed by atoms with Crippen molar-refractivity contribution in [1.29, 1.82) is 0 Å². The van der Waals surface area contributed by atoms with E-state index in [2.05, 4.69) is 60.8 Å². The summed E-state index contributed by atoms with van der Waals surface area (Å²) in [6.07, 6.45) is 1.01. The predicted octanol–water partition coefficient (Wildman–Crippen LogP) is 3.63. The summed E-state index contributed by atoms with van der Waals surface area (Å²) in [5.74, 6) is 0. The fraction of sp³-hybridized carbons (Fsp3) is 0.200. The molecule has 0 bridgehead atoms. The number of hydrogen-bond acceptors (Lipinski definition) is 1. The molecule has 1 nitrogen and oxygen atoms in total. The van der Waals surface area contributed by atoms with E-state index in [-0.39, 0.29) is 0 Å². The van der Waals surface area contributed by atoms with Gasteiger partial charge in [0.25, 0.3) is 0 Å². The van der Waals surface area contributed by atoms with Gasteiger partial charge in [0.2, 0.25) is 0 Å². The molecule has 82 valence electrons. The molecule has 0 radical (unpaired) electrons. The molecule has 0 saturated heterocycles. The molecule has 0 aliphatic carbocycles. The van der Waals surface area contributed by atoms with Gasteiger partial charge in [-0.15, -0.1) is 0 Å². The number of anilines is 1. The minimum atomic E-state index is 1.01. The Morgan fingerprint density at radius 1 is 0.938 bits per heavy atom. The highest BCUT2D eigenvalue weighted by Gasteiger charge is 1.99. The average Bonchev–Trinajstić information content (AvgIpc) is 2.31. The monoisotopic (exact) mass is 211 g/mol. The zero-order chi connectivity index (χ0) is 11.4. The van der Waals surface area contributed by atoms with Crippen LogP contribution in [0, 0.1) is 6.92 Å². The third-order valence-corrected chi connectivity index (χ3v) is 2.81.